The summed E-state index contributed by atoms with van der Waals surface area (Å²) in [5.74, 6) is -1.54. The van der Waals surface area contributed by atoms with E-state index in [1.165, 1.54) is 12.5 Å². The van der Waals surface area contributed by atoms with Crippen LogP contribution in [0.2, 0.25) is 0 Å². The number of aliphatic carboxylic acids is 2. The molecule has 2 heterocycles. The van der Waals surface area contributed by atoms with Crippen molar-refractivity contribution in [2.75, 3.05) is 19.7 Å². The smallest absolute Gasteiger partial charge is 0.321 e. The van der Waals surface area contributed by atoms with Crippen molar-refractivity contribution in [1.29, 1.82) is 0 Å². The molecule has 1 aliphatic rings. The number of carbonyl (C=O) groups is 3. The molecule has 1 aliphatic heterocycles. The minimum Gasteiger partial charge on any atom is -0.480 e. The standard InChI is InChI=1S/C31H37N3O7/c1-20(2)17-23-5-11-26(12-6-23)28-32-27(33-41-28)25-9-7-24(8-10-25)19-34(15-16-40-22(4)35)14-13-31(29(36)37,30(38)39)18-21(34)3/h5-12,20-21H,13-19H2,1-4H3,(H-,36,37,38,39)/p+1. The SMILES string of the molecule is CC(=O)OCC[N+]1(Cc2ccc(-c3noc(-c4ccc(CC(C)C)cc4)n3)cc2)CCC(C(=O)O)(C(=O)O)CC1C. The van der Waals surface area contributed by atoms with Gasteiger partial charge in [0.1, 0.15) is 19.7 Å². The lowest BCUT2D eigenvalue weighted by Gasteiger charge is -2.50. The van der Waals surface area contributed by atoms with Gasteiger partial charge in [-0.15, -0.1) is 0 Å². The molecule has 2 atom stereocenters. The third-order valence-electron chi connectivity index (χ3n) is 8.20. The van der Waals surface area contributed by atoms with Gasteiger partial charge in [-0.2, -0.15) is 4.98 Å². The topological polar surface area (TPSA) is 140 Å². The van der Waals surface area contributed by atoms with E-state index in [2.05, 4.69) is 36.1 Å². The number of esters is 1. The lowest BCUT2D eigenvalue weighted by molar-refractivity contribution is -0.968. The highest BCUT2D eigenvalue weighted by molar-refractivity contribution is 5.98. The molecule has 1 aromatic heterocycles. The van der Waals surface area contributed by atoms with Gasteiger partial charge in [-0.25, -0.2) is 0 Å². The number of carboxylic acids is 2. The molecular formula is C31H38N3O7+. The Bertz CT molecular complexity index is 1370. The maximum absolute atomic E-state index is 12.0. The zero-order chi connectivity index (χ0) is 29.8. The highest BCUT2D eigenvalue weighted by Gasteiger charge is 2.56. The molecule has 2 aromatic carbocycles. The summed E-state index contributed by atoms with van der Waals surface area (Å²) in [6.45, 7) is 9.04. The lowest BCUT2D eigenvalue weighted by atomic mass is 9.74. The molecule has 0 spiro atoms. The molecule has 10 nitrogen and oxygen atoms in total. The number of piperidine rings is 1. The first-order chi connectivity index (χ1) is 19.4. The van der Waals surface area contributed by atoms with Crippen LogP contribution in [0, 0.1) is 11.3 Å². The molecule has 0 bridgehead atoms. The van der Waals surface area contributed by atoms with Gasteiger partial charge in [0.2, 0.25) is 5.82 Å². The summed E-state index contributed by atoms with van der Waals surface area (Å²) in [7, 11) is 0. The summed E-state index contributed by atoms with van der Waals surface area (Å²) in [4.78, 5) is 40.0. The first-order valence-corrected chi connectivity index (χ1v) is 13.9. The van der Waals surface area contributed by atoms with Crippen LogP contribution in [0.1, 0.15) is 51.7 Å². The number of carboxylic acid groups (broad SMARTS) is 2. The predicted molar refractivity (Wildman–Crippen MR) is 150 cm³/mol. The highest BCUT2D eigenvalue weighted by Crippen LogP contribution is 2.41. The molecule has 0 amide bonds. The van der Waals surface area contributed by atoms with E-state index in [1.807, 2.05) is 43.3 Å². The van der Waals surface area contributed by atoms with Gasteiger partial charge in [-0.1, -0.05) is 55.4 Å². The molecule has 218 valence electrons. The third-order valence-corrected chi connectivity index (χ3v) is 8.20. The second kappa shape index (κ2) is 12.2. The van der Waals surface area contributed by atoms with Gasteiger partial charge in [-0.3, -0.25) is 14.4 Å². The van der Waals surface area contributed by atoms with E-state index in [4.69, 9.17) is 9.26 Å². The Balaban J connectivity index is 1.51. The predicted octanol–water partition coefficient (Wildman–Crippen LogP) is 4.82. The number of likely N-dealkylation sites (tertiary alicyclic amines) is 1. The molecule has 10 heteroatoms. The van der Waals surface area contributed by atoms with Gasteiger partial charge < -0.3 is 24.0 Å². The molecule has 0 radical (unpaired) electrons. The van der Waals surface area contributed by atoms with Gasteiger partial charge >= 0.3 is 17.9 Å². The van der Waals surface area contributed by atoms with E-state index < -0.39 is 23.3 Å². The molecule has 2 unspecified atom stereocenters. The maximum Gasteiger partial charge on any atom is 0.321 e. The van der Waals surface area contributed by atoms with Crippen molar-refractivity contribution >= 4 is 17.9 Å². The Hall–Kier alpha value is -4.05. The monoisotopic (exact) mass is 564 g/mol. The van der Waals surface area contributed by atoms with Crippen LogP contribution in [0.15, 0.2) is 53.1 Å². The van der Waals surface area contributed by atoms with Gasteiger partial charge in [-0.05, 0) is 37.0 Å². The Morgan fingerprint density at radius 2 is 1.63 bits per heavy atom. The van der Waals surface area contributed by atoms with E-state index in [1.54, 1.807) is 0 Å². The molecule has 2 N–H and O–H groups in total. The average molecular weight is 565 g/mol. The zero-order valence-corrected chi connectivity index (χ0v) is 24.0. The Labute approximate surface area is 239 Å². The molecule has 41 heavy (non-hydrogen) atoms. The molecule has 1 fully saturated rings. The zero-order valence-electron chi connectivity index (χ0n) is 24.0. The number of nitrogens with zero attached hydrogens (tertiary/aromatic N) is 3. The quantitative estimate of drug-likeness (QED) is 0.191. The number of carbonyl (C=O) groups excluding carboxylic acids is 1. The van der Waals surface area contributed by atoms with Crippen LogP contribution in [0.25, 0.3) is 22.8 Å². The van der Waals surface area contributed by atoms with E-state index in [-0.39, 0.29) is 25.5 Å². The third kappa shape index (κ3) is 6.65. The van der Waals surface area contributed by atoms with Crippen LogP contribution in [0.3, 0.4) is 0 Å². The first-order valence-electron chi connectivity index (χ1n) is 13.9. The summed E-state index contributed by atoms with van der Waals surface area (Å²) in [6, 6.07) is 15.6. The normalized spacial score (nSPS) is 20.1. The van der Waals surface area contributed by atoms with Gasteiger partial charge in [0.25, 0.3) is 5.89 Å². The second-order valence-electron chi connectivity index (χ2n) is 11.6. The number of rotatable bonds is 11. The summed E-state index contributed by atoms with van der Waals surface area (Å²) < 4.78 is 11.2. The fraction of sp³-hybridized carbons (Fsp3) is 0.452. The number of quaternary nitrogens is 1. The number of ether oxygens (including phenoxy) is 1. The van der Waals surface area contributed by atoms with Crippen molar-refractivity contribution in [1.82, 2.24) is 10.1 Å². The largest absolute Gasteiger partial charge is 0.480 e. The number of benzene rings is 2. The van der Waals surface area contributed by atoms with Gasteiger partial charge in [0, 0.05) is 36.5 Å². The lowest BCUT2D eigenvalue weighted by Crippen LogP contribution is -2.63. The van der Waals surface area contributed by atoms with E-state index in [0.717, 1.165) is 23.1 Å². The van der Waals surface area contributed by atoms with E-state index >= 15 is 0 Å². The minimum atomic E-state index is -1.82. The summed E-state index contributed by atoms with van der Waals surface area (Å²) >= 11 is 0. The van der Waals surface area contributed by atoms with E-state index in [9.17, 15) is 24.6 Å². The summed E-state index contributed by atoms with van der Waals surface area (Å²) in [5, 5.41) is 23.7. The molecule has 0 saturated carbocycles. The number of hydrogen-bond acceptors (Lipinski definition) is 7. The minimum absolute atomic E-state index is 0.00968. The van der Waals surface area contributed by atoms with Crippen molar-refractivity contribution in [3.05, 3.63) is 59.7 Å². The fourth-order valence-electron chi connectivity index (χ4n) is 5.77. The highest BCUT2D eigenvalue weighted by atomic mass is 16.5. The van der Waals surface area contributed by atoms with Crippen LogP contribution >= 0.6 is 0 Å². The average Bonchev–Trinajstić information content (AvgIpc) is 3.40. The van der Waals surface area contributed by atoms with Gasteiger partial charge in [0.05, 0.1) is 12.6 Å². The fourth-order valence-corrected chi connectivity index (χ4v) is 5.77. The Kier molecular flexibility index (Phi) is 8.92. The van der Waals surface area contributed by atoms with Gasteiger partial charge in [0.15, 0.2) is 5.41 Å². The second-order valence-corrected chi connectivity index (χ2v) is 11.6. The molecule has 1 saturated heterocycles. The summed E-state index contributed by atoms with van der Waals surface area (Å²) in [6.07, 6.45) is 0.981. The molecular weight excluding hydrogens is 526 g/mol. The molecule has 0 aliphatic carbocycles. The van der Waals surface area contributed by atoms with Crippen molar-refractivity contribution in [2.24, 2.45) is 11.3 Å². The van der Waals surface area contributed by atoms with Crippen molar-refractivity contribution < 1.29 is 38.3 Å². The van der Waals surface area contributed by atoms with Crippen LogP contribution < -0.4 is 0 Å². The summed E-state index contributed by atoms with van der Waals surface area (Å²) in [5.41, 5.74) is 2.05. The van der Waals surface area contributed by atoms with Crippen molar-refractivity contribution in [3.8, 4) is 22.8 Å². The van der Waals surface area contributed by atoms with Crippen molar-refractivity contribution in [2.45, 2.75) is 59.5 Å². The van der Waals surface area contributed by atoms with E-state index in [0.29, 0.717) is 41.8 Å². The Morgan fingerprint density at radius 1 is 1.02 bits per heavy atom. The Morgan fingerprint density at radius 3 is 2.20 bits per heavy atom. The van der Waals surface area contributed by atoms with Crippen LogP contribution in [0.4, 0.5) is 0 Å². The maximum atomic E-state index is 12.0. The van der Waals surface area contributed by atoms with Crippen molar-refractivity contribution in [3.63, 3.8) is 0 Å². The number of aromatic nitrogens is 2. The van der Waals surface area contributed by atoms with Crippen LogP contribution in [-0.4, -0.2) is 68.5 Å². The number of hydrogen-bond donors (Lipinski definition) is 2. The van der Waals surface area contributed by atoms with Crippen LogP contribution in [0.5, 0.6) is 0 Å². The molecule has 4 rings (SSSR count). The molecule has 3 aromatic rings. The van der Waals surface area contributed by atoms with Crippen LogP contribution in [-0.2, 0) is 32.1 Å². The first kappa shape index (κ1) is 29.9.